The monoisotopic (exact) mass is 449 g/mol. The Balaban J connectivity index is 1.40. The van der Waals surface area contributed by atoms with Gasteiger partial charge in [-0.3, -0.25) is 14.7 Å². The van der Waals surface area contributed by atoms with Crippen LogP contribution in [0.3, 0.4) is 0 Å². The molecule has 3 aromatic rings. The summed E-state index contributed by atoms with van der Waals surface area (Å²) in [6.45, 7) is 3.29. The summed E-state index contributed by atoms with van der Waals surface area (Å²) in [7, 11) is 0. The van der Waals surface area contributed by atoms with Gasteiger partial charge in [-0.05, 0) is 53.9 Å². The topological polar surface area (TPSA) is 36.4 Å². The van der Waals surface area contributed by atoms with Crippen LogP contribution >= 0.6 is 11.6 Å². The SMILES string of the molecule is O=C(c1ccccn1)N1C[C@H](c2ccc(F)cc2)[C@H]2CN(Cc3ccc(Cl)cc3)CC[C@H]21. The van der Waals surface area contributed by atoms with Gasteiger partial charge in [-0.2, -0.15) is 0 Å². The summed E-state index contributed by atoms with van der Waals surface area (Å²) in [5, 5.41) is 0.739. The predicted molar refractivity (Wildman–Crippen MR) is 123 cm³/mol. The van der Waals surface area contributed by atoms with Gasteiger partial charge >= 0.3 is 0 Å². The molecule has 2 saturated heterocycles. The molecule has 3 heterocycles. The van der Waals surface area contributed by atoms with E-state index in [1.165, 1.54) is 17.7 Å². The van der Waals surface area contributed by atoms with Crippen molar-refractivity contribution in [2.75, 3.05) is 19.6 Å². The number of amides is 1. The van der Waals surface area contributed by atoms with E-state index < -0.39 is 0 Å². The summed E-state index contributed by atoms with van der Waals surface area (Å²) in [5.74, 6) is 0.199. The number of likely N-dealkylation sites (tertiary alicyclic amines) is 2. The molecule has 32 heavy (non-hydrogen) atoms. The number of hydrogen-bond acceptors (Lipinski definition) is 3. The summed E-state index contributed by atoms with van der Waals surface area (Å²) >= 11 is 6.04. The highest BCUT2D eigenvalue weighted by atomic mass is 35.5. The number of rotatable bonds is 4. The predicted octanol–water partition coefficient (Wildman–Crippen LogP) is 5.00. The maximum absolute atomic E-state index is 13.6. The van der Waals surface area contributed by atoms with Crippen molar-refractivity contribution in [3.8, 4) is 0 Å². The zero-order chi connectivity index (χ0) is 22.1. The molecule has 0 aliphatic carbocycles. The van der Waals surface area contributed by atoms with Crippen LogP contribution in [0.2, 0.25) is 5.02 Å². The third-order valence-electron chi connectivity index (χ3n) is 6.78. The number of fused-ring (bicyclic) bond motifs is 1. The molecule has 164 valence electrons. The first-order chi connectivity index (χ1) is 15.6. The molecule has 1 aromatic heterocycles. The van der Waals surface area contributed by atoms with Crippen LogP contribution in [-0.4, -0.2) is 46.4 Å². The average molecular weight is 450 g/mol. The summed E-state index contributed by atoms with van der Waals surface area (Å²) in [6, 6.07) is 20.3. The van der Waals surface area contributed by atoms with Crippen LogP contribution in [0.1, 0.15) is 34.0 Å². The maximum atomic E-state index is 13.6. The van der Waals surface area contributed by atoms with Crippen molar-refractivity contribution in [1.29, 1.82) is 0 Å². The molecule has 1 amide bonds. The molecule has 2 aliphatic heterocycles. The van der Waals surface area contributed by atoms with Crippen molar-refractivity contribution >= 4 is 17.5 Å². The van der Waals surface area contributed by atoms with Crippen LogP contribution in [0.15, 0.2) is 72.9 Å². The molecule has 0 bridgehead atoms. The first-order valence-corrected chi connectivity index (χ1v) is 11.4. The minimum atomic E-state index is -0.238. The standard InChI is InChI=1S/C26H25ClFN3O/c27-20-8-4-18(5-9-20)15-30-14-12-25-23(16-30)22(19-6-10-21(28)11-7-19)17-31(25)26(32)24-3-1-2-13-29-24/h1-11,13,22-23,25H,12,14-17H2/t22-,23-,25-/m1/s1. The molecule has 2 aliphatic rings. The van der Waals surface area contributed by atoms with E-state index in [1.54, 1.807) is 12.3 Å². The maximum Gasteiger partial charge on any atom is 0.272 e. The van der Waals surface area contributed by atoms with Gasteiger partial charge in [0, 0.05) is 55.3 Å². The number of aromatic nitrogens is 1. The minimum Gasteiger partial charge on any atom is -0.333 e. The highest BCUT2D eigenvalue weighted by molar-refractivity contribution is 6.30. The number of nitrogens with zero attached hydrogens (tertiary/aromatic N) is 3. The Kier molecular flexibility index (Phi) is 5.94. The van der Waals surface area contributed by atoms with E-state index in [1.807, 2.05) is 41.3 Å². The molecule has 6 heteroatoms. The number of pyridine rings is 1. The Morgan fingerprint density at radius 1 is 1.03 bits per heavy atom. The number of halogens is 2. The van der Waals surface area contributed by atoms with Crippen molar-refractivity contribution in [1.82, 2.24) is 14.8 Å². The van der Waals surface area contributed by atoms with E-state index in [2.05, 4.69) is 22.0 Å². The van der Waals surface area contributed by atoms with Crippen LogP contribution in [0.4, 0.5) is 4.39 Å². The van der Waals surface area contributed by atoms with Gasteiger partial charge in [0.1, 0.15) is 11.5 Å². The smallest absolute Gasteiger partial charge is 0.272 e. The van der Waals surface area contributed by atoms with Gasteiger partial charge < -0.3 is 4.90 Å². The molecule has 0 saturated carbocycles. The van der Waals surface area contributed by atoms with Crippen molar-refractivity contribution < 1.29 is 9.18 Å². The van der Waals surface area contributed by atoms with Crippen LogP contribution in [0.5, 0.6) is 0 Å². The Bertz CT molecular complexity index is 1070. The summed E-state index contributed by atoms with van der Waals surface area (Å²) in [6.07, 6.45) is 2.57. The lowest BCUT2D eigenvalue weighted by atomic mass is 9.81. The highest BCUT2D eigenvalue weighted by Crippen LogP contribution is 2.42. The first-order valence-electron chi connectivity index (χ1n) is 11.0. The Morgan fingerprint density at radius 3 is 2.53 bits per heavy atom. The van der Waals surface area contributed by atoms with E-state index in [4.69, 9.17) is 11.6 Å². The molecule has 0 unspecified atom stereocenters. The number of carbonyl (C=O) groups is 1. The normalized spacial score (nSPS) is 23.2. The molecule has 0 spiro atoms. The second kappa shape index (κ2) is 9.00. The lowest BCUT2D eigenvalue weighted by Gasteiger charge is -2.39. The first kappa shape index (κ1) is 21.1. The van der Waals surface area contributed by atoms with E-state index in [0.29, 0.717) is 12.2 Å². The quantitative estimate of drug-likeness (QED) is 0.562. The average Bonchev–Trinajstić information content (AvgIpc) is 3.20. The Hall–Kier alpha value is -2.76. The molecule has 0 radical (unpaired) electrons. The van der Waals surface area contributed by atoms with Crippen LogP contribution in [-0.2, 0) is 6.54 Å². The molecular weight excluding hydrogens is 425 g/mol. The summed E-state index contributed by atoms with van der Waals surface area (Å²) in [5.41, 5.74) is 2.80. The van der Waals surface area contributed by atoms with Gasteiger partial charge in [0.15, 0.2) is 0 Å². The second-order valence-corrected chi connectivity index (χ2v) is 9.15. The molecule has 0 N–H and O–H groups in total. The van der Waals surface area contributed by atoms with Crippen molar-refractivity contribution in [2.45, 2.75) is 24.9 Å². The Morgan fingerprint density at radius 2 is 1.81 bits per heavy atom. The van der Waals surface area contributed by atoms with E-state index in [0.717, 1.165) is 36.6 Å². The zero-order valence-corrected chi connectivity index (χ0v) is 18.5. The zero-order valence-electron chi connectivity index (χ0n) is 17.7. The van der Waals surface area contributed by atoms with Gasteiger partial charge in [-0.15, -0.1) is 0 Å². The third kappa shape index (κ3) is 4.27. The number of hydrogen-bond donors (Lipinski definition) is 0. The molecule has 3 atom stereocenters. The fourth-order valence-corrected chi connectivity index (χ4v) is 5.36. The number of benzene rings is 2. The largest absolute Gasteiger partial charge is 0.333 e. The van der Waals surface area contributed by atoms with Gasteiger partial charge in [0.25, 0.3) is 5.91 Å². The molecule has 5 rings (SSSR count). The van der Waals surface area contributed by atoms with Gasteiger partial charge in [0.2, 0.25) is 0 Å². The second-order valence-electron chi connectivity index (χ2n) is 8.71. The highest BCUT2D eigenvalue weighted by Gasteiger charge is 2.47. The summed E-state index contributed by atoms with van der Waals surface area (Å²) in [4.78, 5) is 22.1. The van der Waals surface area contributed by atoms with E-state index in [9.17, 15) is 9.18 Å². The van der Waals surface area contributed by atoms with E-state index >= 15 is 0 Å². The molecule has 2 fully saturated rings. The summed E-state index contributed by atoms with van der Waals surface area (Å²) < 4.78 is 13.6. The number of carbonyl (C=O) groups excluding carboxylic acids is 1. The van der Waals surface area contributed by atoms with Crippen molar-refractivity contribution in [2.24, 2.45) is 5.92 Å². The molecular formula is C26H25ClFN3O. The van der Waals surface area contributed by atoms with Crippen LogP contribution in [0, 0.1) is 11.7 Å². The van der Waals surface area contributed by atoms with E-state index in [-0.39, 0.29) is 29.6 Å². The van der Waals surface area contributed by atoms with Crippen molar-refractivity contribution in [3.05, 3.63) is 101 Å². The molecule has 4 nitrogen and oxygen atoms in total. The van der Waals surface area contributed by atoms with Crippen LogP contribution in [0.25, 0.3) is 0 Å². The lowest BCUT2D eigenvalue weighted by molar-refractivity contribution is 0.0608. The van der Waals surface area contributed by atoms with Crippen molar-refractivity contribution in [3.63, 3.8) is 0 Å². The van der Waals surface area contributed by atoms with Gasteiger partial charge in [-0.1, -0.05) is 41.9 Å². The minimum absolute atomic E-state index is 0.0173. The Labute approximate surface area is 192 Å². The van der Waals surface area contributed by atoms with Gasteiger partial charge in [-0.25, -0.2) is 4.39 Å². The number of piperidine rings is 1. The molecule has 2 aromatic carbocycles. The fourth-order valence-electron chi connectivity index (χ4n) is 5.23. The van der Waals surface area contributed by atoms with Crippen LogP contribution < -0.4 is 0 Å². The van der Waals surface area contributed by atoms with Gasteiger partial charge in [0.05, 0.1) is 0 Å². The third-order valence-corrected chi connectivity index (χ3v) is 7.03. The fraction of sp³-hybridized carbons (Fsp3) is 0.308. The lowest BCUT2D eigenvalue weighted by Crippen LogP contribution is -2.47.